The zero-order valence-electron chi connectivity index (χ0n) is 8.19. The number of anilines is 2. The van der Waals surface area contributed by atoms with Gasteiger partial charge in [-0.3, -0.25) is 0 Å². The number of nitrogens with one attached hydrogen (secondary N) is 1. The second-order valence-corrected chi connectivity index (χ2v) is 2.77. The van der Waals surface area contributed by atoms with Crippen LogP contribution in [0.2, 0.25) is 0 Å². The van der Waals surface area contributed by atoms with Gasteiger partial charge in [0, 0.05) is 15.6 Å². The van der Waals surface area contributed by atoms with Gasteiger partial charge in [-0.2, -0.15) is 0 Å². The van der Waals surface area contributed by atoms with Crippen LogP contribution >= 0.6 is 15.9 Å². The Labute approximate surface area is 72.8 Å². The minimum atomic E-state index is -2.21. The molecule has 0 amide bonds. The molecule has 2 nitrogen and oxygen atoms in total. The van der Waals surface area contributed by atoms with Crippen molar-refractivity contribution in [2.45, 2.75) is 0 Å². The van der Waals surface area contributed by atoms with Crippen molar-refractivity contribution in [2.75, 3.05) is 18.0 Å². The Bertz CT molecular complexity index is 311. The quantitative estimate of drug-likeness (QED) is 0.687. The van der Waals surface area contributed by atoms with Crippen molar-refractivity contribution in [1.82, 2.24) is 0 Å². The summed E-state index contributed by atoms with van der Waals surface area (Å²) < 4.78 is 21.7. The lowest BCUT2D eigenvalue weighted by atomic mass is 10.3. The molecule has 0 fully saturated rings. The molecule has 0 spiro atoms. The van der Waals surface area contributed by atoms with Crippen molar-refractivity contribution in [3.63, 3.8) is 0 Å². The predicted molar refractivity (Wildman–Crippen MR) is 48.1 cm³/mol. The zero-order valence-corrected chi connectivity index (χ0v) is 6.77. The monoisotopic (exact) mass is 203 g/mol. The molecular formula is C7H9BrN2. The first-order chi connectivity index (χ1) is 5.88. The van der Waals surface area contributed by atoms with Crippen LogP contribution in [-0.4, -0.2) is 6.98 Å². The maximum absolute atomic E-state index is 6.99. The molecule has 3 heteroatoms. The molecule has 0 aliphatic heterocycles. The Morgan fingerprint density at radius 3 is 3.20 bits per heavy atom. The van der Waals surface area contributed by atoms with Crippen molar-refractivity contribution in [3.05, 3.63) is 22.7 Å². The van der Waals surface area contributed by atoms with Gasteiger partial charge in [-0.1, -0.05) is 15.9 Å². The average molecular weight is 204 g/mol. The molecular weight excluding hydrogens is 192 g/mol. The number of nitrogen functional groups attached to an aromatic ring is 1. The fourth-order valence-corrected chi connectivity index (χ4v) is 0.998. The van der Waals surface area contributed by atoms with Crippen molar-refractivity contribution in [1.29, 1.82) is 0 Å². The molecule has 1 rings (SSSR count). The highest BCUT2D eigenvalue weighted by atomic mass is 79.9. The highest BCUT2D eigenvalue weighted by Gasteiger charge is 1.94. The molecule has 0 aliphatic rings. The molecule has 0 radical (unpaired) electrons. The Morgan fingerprint density at radius 2 is 2.50 bits per heavy atom. The van der Waals surface area contributed by atoms with Crippen LogP contribution in [0.25, 0.3) is 0 Å². The van der Waals surface area contributed by atoms with Gasteiger partial charge >= 0.3 is 0 Å². The van der Waals surface area contributed by atoms with Crippen molar-refractivity contribution < 1.29 is 4.11 Å². The van der Waals surface area contributed by atoms with Crippen LogP contribution in [0.15, 0.2) is 22.7 Å². The molecule has 0 unspecified atom stereocenters. The molecule has 0 saturated heterocycles. The fraction of sp³-hybridized carbons (Fsp3) is 0.143. The van der Waals surface area contributed by atoms with E-state index in [-0.39, 0.29) is 0 Å². The topological polar surface area (TPSA) is 38.0 Å². The summed E-state index contributed by atoms with van der Waals surface area (Å²) in [5.41, 5.74) is 6.39. The first-order valence-corrected chi connectivity index (χ1v) is 3.51. The molecule has 0 heterocycles. The Kier molecular flexibility index (Phi) is 1.24. The largest absolute Gasteiger partial charge is 0.397 e. The molecule has 0 aromatic heterocycles. The lowest BCUT2D eigenvalue weighted by molar-refractivity contribution is 1.50. The lowest BCUT2D eigenvalue weighted by Gasteiger charge is -2.03. The second kappa shape index (κ2) is 2.92. The summed E-state index contributed by atoms with van der Waals surface area (Å²) in [7, 11) is 0. The van der Waals surface area contributed by atoms with E-state index < -0.39 is 6.98 Å². The standard InChI is InChI=1S/C7H9BrN2/c1-10-7-4-5(8)2-3-6(7)9/h2-4,10H,9H2,1H3/i1D3. The fourth-order valence-electron chi connectivity index (χ4n) is 0.637. The van der Waals surface area contributed by atoms with Gasteiger partial charge in [0.15, 0.2) is 0 Å². The normalized spacial score (nSPS) is 15.1. The molecule has 0 bridgehead atoms. The predicted octanol–water partition coefficient (Wildman–Crippen LogP) is 2.07. The van der Waals surface area contributed by atoms with E-state index in [1.807, 2.05) is 0 Å². The first kappa shape index (κ1) is 4.23. The summed E-state index contributed by atoms with van der Waals surface area (Å²) in [4.78, 5) is 0. The van der Waals surface area contributed by atoms with Crippen molar-refractivity contribution >= 4 is 27.3 Å². The second-order valence-electron chi connectivity index (χ2n) is 1.86. The summed E-state index contributed by atoms with van der Waals surface area (Å²) in [6.45, 7) is -2.21. The molecule has 0 aliphatic carbocycles. The van der Waals surface area contributed by atoms with Gasteiger partial charge in [-0.15, -0.1) is 0 Å². The van der Waals surface area contributed by atoms with Crippen LogP contribution in [0, 0.1) is 0 Å². The zero-order chi connectivity index (χ0) is 10.1. The SMILES string of the molecule is [2H]C([2H])([2H])Nc1cc(Br)ccc1N. The van der Waals surface area contributed by atoms with Crippen LogP contribution in [0.3, 0.4) is 0 Å². The van der Waals surface area contributed by atoms with E-state index in [1.54, 1.807) is 18.2 Å². The maximum Gasteiger partial charge on any atom is 0.0582 e. The minimum absolute atomic E-state index is 0.411. The van der Waals surface area contributed by atoms with E-state index >= 15 is 0 Å². The van der Waals surface area contributed by atoms with Gasteiger partial charge < -0.3 is 11.1 Å². The Hall–Kier alpha value is -0.700. The average Bonchev–Trinajstić information content (AvgIpc) is 1.94. The highest BCUT2D eigenvalue weighted by Crippen LogP contribution is 2.22. The van der Waals surface area contributed by atoms with Crippen LogP contribution in [-0.2, 0) is 0 Å². The van der Waals surface area contributed by atoms with Crippen LogP contribution in [0.4, 0.5) is 11.4 Å². The number of benzene rings is 1. The molecule has 3 N–H and O–H groups in total. The van der Waals surface area contributed by atoms with Gasteiger partial charge in [-0.05, 0) is 18.2 Å². The van der Waals surface area contributed by atoms with Crippen LogP contribution < -0.4 is 11.1 Å². The summed E-state index contributed by atoms with van der Waals surface area (Å²) >= 11 is 3.22. The van der Waals surface area contributed by atoms with Crippen molar-refractivity contribution in [2.24, 2.45) is 0 Å². The Balaban J connectivity index is 2.94. The molecule has 1 aromatic carbocycles. The van der Waals surface area contributed by atoms with E-state index in [0.29, 0.717) is 11.4 Å². The smallest absolute Gasteiger partial charge is 0.0582 e. The van der Waals surface area contributed by atoms with Gasteiger partial charge in [0.25, 0.3) is 0 Å². The first-order valence-electron chi connectivity index (χ1n) is 4.22. The summed E-state index contributed by atoms with van der Waals surface area (Å²) in [6.07, 6.45) is 0. The summed E-state index contributed by atoms with van der Waals surface area (Å²) in [5, 5.41) is 2.34. The third-order valence-electron chi connectivity index (χ3n) is 1.15. The molecule has 0 saturated carbocycles. The molecule has 0 atom stereocenters. The number of nitrogens with two attached hydrogens (primary N) is 1. The number of hydrogen-bond donors (Lipinski definition) is 2. The lowest BCUT2D eigenvalue weighted by Crippen LogP contribution is -1.94. The van der Waals surface area contributed by atoms with Crippen LogP contribution in [0.5, 0.6) is 0 Å². The minimum Gasteiger partial charge on any atom is -0.397 e. The number of halogens is 1. The Morgan fingerprint density at radius 1 is 1.70 bits per heavy atom. The number of hydrogen-bond acceptors (Lipinski definition) is 2. The van der Waals surface area contributed by atoms with Gasteiger partial charge in [0.2, 0.25) is 0 Å². The summed E-state index contributed by atoms with van der Waals surface area (Å²) in [5.74, 6) is 0. The van der Waals surface area contributed by atoms with E-state index in [1.165, 1.54) is 0 Å². The van der Waals surface area contributed by atoms with Crippen LogP contribution in [0.1, 0.15) is 4.11 Å². The highest BCUT2D eigenvalue weighted by molar-refractivity contribution is 9.10. The third kappa shape index (κ3) is 1.42. The van der Waals surface area contributed by atoms with Gasteiger partial charge in [-0.25, -0.2) is 0 Å². The third-order valence-corrected chi connectivity index (χ3v) is 1.64. The molecule has 1 aromatic rings. The van der Waals surface area contributed by atoms with E-state index in [0.717, 1.165) is 4.47 Å². The summed E-state index contributed by atoms with van der Waals surface area (Å²) in [6, 6.07) is 5.01. The molecule has 54 valence electrons. The number of rotatable bonds is 1. The van der Waals surface area contributed by atoms with Gasteiger partial charge in [0.1, 0.15) is 0 Å². The van der Waals surface area contributed by atoms with Crippen molar-refractivity contribution in [3.8, 4) is 0 Å². The van der Waals surface area contributed by atoms with Gasteiger partial charge in [0.05, 0.1) is 11.4 Å². The maximum atomic E-state index is 6.99. The van der Waals surface area contributed by atoms with E-state index in [9.17, 15) is 0 Å². The molecule has 10 heavy (non-hydrogen) atoms. The van der Waals surface area contributed by atoms with E-state index in [4.69, 9.17) is 9.85 Å². The van der Waals surface area contributed by atoms with E-state index in [2.05, 4.69) is 21.2 Å².